The lowest BCUT2D eigenvalue weighted by molar-refractivity contribution is 0.0663. The molecule has 3 rings (SSSR count). The first-order chi connectivity index (χ1) is 10.6. The third-order valence-corrected chi connectivity index (χ3v) is 4.32. The topological polar surface area (TPSA) is 41.4 Å². The van der Waals surface area contributed by atoms with Gasteiger partial charge < -0.3 is 9.80 Å². The summed E-state index contributed by atoms with van der Waals surface area (Å²) in [4.78, 5) is 16.8. The van der Waals surface area contributed by atoms with Crippen molar-refractivity contribution in [3.05, 3.63) is 46.7 Å². The van der Waals surface area contributed by atoms with Crippen molar-refractivity contribution in [3.63, 3.8) is 0 Å². The maximum Gasteiger partial charge on any atom is 0.257 e. The highest BCUT2D eigenvalue weighted by atomic mass is 35.5. The number of aromatic nitrogens is 2. The number of nitrogens with zero attached hydrogens (tertiary/aromatic N) is 4. The standard InChI is InChI=1S/C16H19ClN4O/c1-12-15(16(22)20-8-6-19(2)7-9-20)11-18-21(12)14-5-3-4-13(17)10-14/h3-5,10-11H,6-9H2,1-2H3. The molecule has 0 N–H and O–H groups in total. The molecule has 1 aliphatic rings. The highest BCUT2D eigenvalue weighted by Crippen LogP contribution is 2.19. The Hall–Kier alpha value is -1.85. The van der Waals surface area contributed by atoms with E-state index < -0.39 is 0 Å². The van der Waals surface area contributed by atoms with E-state index in [2.05, 4.69) is 17.0 Å². The third kappa shape index (κ3) is 2.87. The van der Waals surface area contributed by atoms with E-state index in [9.17, 15) is 4.79 Å². The summed E-state index contributed by atoms with van der Waals surface area (Å²) >= 11 is 6.03. The first-order valence-corrected chi connectivity index (χ1v) is 7.72. The van der Waals surface area contributed by atoms with E-state index in [1.807, 2.05) is 36.1 Å². The van der Waals surface area contributed by atoms with Crippen LogP contribution in [0, 0.1) is 6.92 Å². The number of hydrogen-bond acceptors (Lipinski definition) is 3. The van der Waals surface area contributed by atoms with E-state index in [-0.39, 0.29) is 5.91 Å². The predicted octanol–water partition coefficient (Wildman–Crippen LogP) is 2.22. The van der Waals surface area contributed by atoms with Crippen LogP contribution in [0.2, 0.25) is 5.02 Å². The first-order valence-electron chi connectivity index (χ1n) is 7.34. The average Bonchev–Trinajstić information content (AvgIpc) is 2.89. The van der Waals surface area contributed by atoms with E-state index in [1.165, 1.54) is 0 Å². The quantitative estimate of drug-likeness (QED) is 0.852. The zero-order valence-corrected chi connectivity index (χ0v) is 13.5. The lowest BCUT2D eigenvalue weighted by Gasteiger charge is -2.32. The van der Waals surface area contributed by atoms with Crippen molar-refractivity contribution < 1.29 is 4.79 Å². The highest BCUT2D eigenvalue weighted by Gasteiger charge is 2.23. The molecule has 22 heavy (non-hydrogen) atoms. The summed E-state index contributed by atoms with van der Waals surface area (Å²) in [5, 5.41) is 5.01. The van der Waals surface area contributed by atoms with E-state index >= 15 is 0 Å². The summed E-state index contributed by atoms with van der Waals surface area (Å²) in [6.45, 7) is 5.26. The Bertz CT molecular complexity index is 689. The van der Waals surface area contributed by atoms with Crippen molar-refractivity contribution in [3.8, 4) is 5.69 Å². The smallest absolute Gasteiger partial charge is 0.257 e. The molecule has 2 heterocycles. The van der Waals surface area contributed by atoms with E-state index in [0.29, 0.717) is 10.6 Å². The third-order valence-electron chi connectivity index (χ3n) is 4.08. The van der Waals surface area contributed by atoms with Crippen LogP contribution < -0.4 is 0 Å². The average molecular weight is 319 g/mol. The van der Waals surface area contributed by atoms with E-state index in [1.54, 1.807) is 10.9 Å². The summed E-state index contributed by atoms with van der Waals surface area (Å²) in [7, 11) is 2.07. The maximum absolute atomic E-state index is 12.7. The van der Waals surface area contributed by atoms with Gasteiger partial charge in [-0.15, -0.1) is 0 Å². The minimum atomic E-state index is 0.0545. The van der Waals surface area contributed by atoms with Gasteiger partial charge in [-0.05, 0) is 32.2 Å². The number of carbonyl (C=O) groups excluding carboxylic acids is 1. The van der Waals surface area contributed by atoms with Crippen molar-refractivity contribution >= 4 is 17.5 Å². The van der Waals surface area contributed by atoms with Crippen molar-refractivity contribution in [2.75, 3.05) is 33.2 Å². The Morgan fingerprint density at radius 1 is 1.23 bits per heavy atom. The van der Waals surface area contributed by atoms with Gasteiger partial charge in [0.25, 0.3) is 5.91 Å². The Labute approximate surface area is 135 Å². The maximum atomic E-state index is 12.7. The SMILES string of the molecule is Cc1c(C(=O)N2CCN(C)CC2)cnn1-c1cccc(Cl)c1. The van der Waals surface area contributed by atoms with E-state index in [4.69, 9.17) is 11.6 Å². The summed E-state index contributed by atoms with van der Waals surface area (Å²) in [5.74, 6) is 0.0545. The Morgan fingerprint density at radius 3 is 2.64 bits per heavy atom. The molecule has 1 aliphatic heterocycles. The molecular weight excluding hydrogens is 300 g/mol. The Balaban J connectivity index is 1.85. The monoisotopic (exact) mass is 318 g/mol. The summed E-state index contributed by atoms with van der Waals surface area (Å²) in [6, 6.07) is 7.46. The number of benzene rings is 1. The fourth-order valence-corrected chi connectivity index (χ4v) is 2.85. The molecule has 5 nitrogen and oxygen atoms in total. The van der Waals surface area contributed by atoms with Gasteiger partial charge >= 0.3 is 0 Å². The first kappa shape index (κ1) is 15.1. The van der Waals surface area contributed by atoms with Crippen molar-refractivity contribution in [2.24, 2.45) is 0 Å². The molecular formula is C16H19ClN4O. The van der Waals surface area contributed by atoms with Crippen LogP contribution >= 0.6 is 11.6 Å². The van der Waals surface area contributed by atoms with Crippen LogP contribution in [0.1, 0.15) is 16.1 Å². The molecule has 0 radical (unpaired) electrons. The minimum absolute atomic E-state index is 0.0545. The van der Waals surface area contributed by atoms with Crippen LogP contribution in [-0.4, -0.2) is 58.7 Å². The lowest BCUT2D eigenvalue weighted by atomic mass is 10.2. The molecule has 1 amide bonds. The number of halogens is 1. The fraction of sp³-hybridized carbons (Fsp3) is 0.375. The molecule has 0 spiro atoms. The predicted molar refractivity (Wildman–Crippen MR) is 86.7 cm³/mol. The largest absolute Gasteiger partial charge is 0.336 e. The molecule has 0 saturated carbocycles. The Morgan fingerprint density at radius 2 is 1.95 bits per heavy atom. The van der Waals surface area contributed by atoms with Gasteiger partial charge in [0.15, 0.2) is 0 Å². The second kappa shape index (κ2) is 6.10. The zero-order valence-electron chi connectivity index (χ0n) is 12.8. The highest BCUT2D eigenvalue weighted by molar-refractivity contribution is 6.30. The van der Waals surface area contributed by atoms with Crippen LogP contribution in [0.3, 0.4) is 0 Å². The van der Waals surface area contributed by atoms with E-state index in [0.717, 1.165) is 37.6 Å². The second-order valence-electron chi connectivity index (χ2n) is 5.63. The molecule has 0 atom stereocenters. The van der Waals surface area contributed by atoms with Gasteiger partial charge in [-0.2, -0.15) is 5.10 Å². The zero-order chi connectivity index (χ0) is 15.7. The Kier molecular flexibility index (Phi) is 4.18. The summed E-state index contributed by atoms with van der Waals surface area (Å²) in [5.41, 5.74) is 2.36. The number of rotatable bonds is 2. The van der Waals surface area contributed by atoms with Gasteiger partial charge in [0.2, 0.25) is 0 Å². The normalized spacial score (nSPS) is 16.0. The number of amides is 1. The molecule has 6 heteroatoms. The number of likely N-dealkylation sites (N-methyl/N-ethyl adjacent to an activating group) is 1. The lowest BCUT2D eigenvalue weighted by Crippen LogP contribution is -2.47. The summed E-state index contributed by atoms with van der Waals surface area (Å²) < 4.78 is 1.76. The minimum Gasteiger partial charge on any atom is -0.336 e. The van der Waals surface area contributed by atoms with Gasteiger partial charge in [0.1, 0.15) is 0 Å². The van der Waals surface area contributed by atoms with Crippen LogP contribution in [0.5, 0.6) is 0 Å². The molecule has 0 aliphatic carbocycles. The molecule has 1 aromatic heterocycles. The molecule has 0 bridgehead atoms. The molecule has 1 aromatic carbocycles. The fourth-order valence-electron chi connectivity index (χ4n) is 2.67. The molecule has 1 fully saturated rings. The van der Waals surface area contributed by atoms with Crippen LogP contribution in [0.4, 0.5) is 0 Å². The number of piperazine rings is 1. The van der Waals surface area contributed by atoms with Gasteiger partial charge in [-0.3, -0.25) is 4.79 Å². The van der Waals surface area contributed by atoms with Crippen LogP contribution in [0.25, 0.3) is 5.69 Å². The molecule has 1 saturated heterocycles. The molecule has 0 unspecified atom stereocenters. The molecule has 2 aromatic rings. The van der Waals surface area contributed by atoms with Crippen molar-refractivity contribution in [1.82, 2.24) is 19.6 Å². The molecule has 116 valence electrons. The van der Waals surface area contributed by atoms with Gasteiger partial charge in [0, 0.05) is 31.2 Å². The second-order valence-corrected chi connectivity index (χ2v) is 6.07. The van der Waals surface area contributed by atoms with Crippen molar-refractivity contribution in [2.45, 2.75) is 6.92 Å². The van der Waals surface area contributed by atoms with Crippen LogP contribution in [-0.2, 0) is 0 Å². The van der Waals surface area contributed by atoms with Gasteiger partial charge in [-0.1, -0.05) is 17.7 Å². The van der Waals surface area contributed by atoms with Gasteiger partial charge in [-0.25, -0.2) is 4.68 Å². The van der Waals surface area contributed by atoms with Crippen molar-refractivity contribution in [1.29, 1.82) is 0 Å². The number of hydrogen-bond donors (Lipinski definition) is 0. The number of carbonyl (C=O) groups is 1. The summed E-state index contributed by atoms with van der Waals surface area (Å²) in [6.07, 6.45) is 1.65. The van der Waals surface area contributed by atoms with Crippen LogP contribution in [0.15, 0.2) is 30.5 Å². The van der Waals surface area contributed by atoms with Gasteiger partial charge in [0.05, 0.1) is 23.1 Å².